The fourth-order valence-corrected chi connectivity index (χ4v) is 3.77. The molecule has 2 aliphatic heterocycles. The molecule has 0 aliphatic carbocycles. The Hall–Kier alpha value is -1.98. The van der Waals surface area contributed by atoms with Crippen LogP contribution in [0.15, 0.2) is 35.9 Å². The van der Waals surface area contributed by atoms with Crippen LogP contribution in [0.3, 0.4) is 0 Å². The average Bonchev–Trinajstić information content (AvgIpc) is 2.77. The van der Waals surface area contributed by atoms with Crippen molar-refractivity contribution in [1.82, 2.24) is 4.90 Å². The number of benzene rings is 1. The Bertz CT molecular complexity index is 719. The normalized spacial score (nSPS) is 23.0. The molecule has 1 aromatic carbocycles. The van der Waals surface area contributed by atoms with E-state index in [1.54, 1.807) is 11.0 Å². The zero-order valence-corrected chi connectivity index (χ0v) is 15.3. The highest BCUT2D eigenvalue weighted by molar-refractivity contribution is 5.70. The minimum absolute atomic E-state index is 0.0237. The summed E-state index contributed by atoms with van der Waals surface area (Å²) in [6, 6.07) is 5.52. The molecule has 0 radical (unpaired) electrons. The van der Waals surface area contributed by atoms with Crippen LogP contribution in [0.5, 0.6) is 0 Å². The summed E-state index contributed by atoms with van der Waals surface area (Å²) >= 11 is 0. The Balaban J connectivity index is 1.73. The molecule has 3 rings (SSSR count). The zero-order chi connectivity index (χ0) is 19.1. The summed E-state index contributed by atoms with van der Waals surface area (Å²) in [6.07, 6.45) is 0.337. The Morgan fingerprint density at radius 1 is 1.23 bits per heavy atom. The summed E-state index contributed by atoms with van der Waals surface area (Å²) in [5.74, 6) is 0. The number of alkyl halides is 3. The summed E-state index contributed by atoms with van der Waals surface area (Å²) in [5, 5.41) is 0. The third-order valence-corrected chi connectivity index (χ3v) is 4.76. The lowest BCUT2D eigenvalue weighted by Crippen LogP contribution is -2.45. The molecule has 0 aromatic heterocycles. The molecule has 1 saturated heterocycles. The molecule has 2 unspecified atom stereocenters. The van der Waals surface area contributed by atoms with Crippen molar-refractivity contribution in [2.24, 2.45) is 0 Å². The van der Waals surface area contributed by atoms with Crippen LogP contribution >= 0.6 is 0 Å². The lowest BCUT2D eigenvalue weighted by Gasteiger charge is -2.35. The SMILES string of the molecule is CC(C)(C)OC(=O)N1C2C=C(Cc3cccc(C(F)(F)F)c3)CC1CC2. The molecule has 6 heteroatoms. The minimum Gasteiger partial charge on any atom is -0.444 e. The molecule has 3 nitrogen and oxygen atoms in total. The standard InChI is InChI=1S/C20H24F3NO2/c1-19(2,3)26-18(25)24-16-7-8-17(24)12-14(11-16)9-13-5-4-6-15(10-13)20(21,22)23/h4-6,10-11,16-17H,7-9,12H2,1-3H3. The fraction of sp³-hybridized carbons (Fsp3) is 0.550. The van der Waals surface area contributed by atoms with Crippen molar-refractivity contribution in [3.8, 4) is 0 Å². The van der Waals surface area contributed by atoms with Gasteiger partial charge in [-0.1, -0.05) is 29.8 Å². The number of ether oxygens (including phenoxy) is 1. The van der Waals surface area contributed by atoms with Gasteiger partial charge >= 0.3 is 12.3 Å². The third kappa shape index (κ3) is 4.22. The maximum Gasteiger partial charge on any atom is 0.416 e. The van der Waals surface area contributed by atoms with E-state index in [0.29, 0.717) is 18.4 Å². The number of nitrogens with zero attached hydrogens (tertiary/aromatic N) is 1. The second kappa shape index (κ2) is 6.63. The molecule has 0 spiro atoms. The number of halogens is 3. The van der Waals surface area contributed by atoms with Crippen molar-refractivity contribution in [3.05, 3.63) is 47.0 Å². The molecule has 2 heterocycles. The van der Waals surface area contributed by atoms with Crippen LogP contribution in [0, 0.1) is 0 Å². The van der Waals surface area contributed by atoms with E-state index in [-0.39, 0.29) is 18.2 Å². The van der Waals surface area contributed by atoms with Crippen molar-refractivity contribution in [3.63, 3.8) is 0 Å². The summed E-state index contributed by atoms with van der Waals surface area (Å²) < 4.78 is 44.1. The van der Waals surface area contributed by atoms with Crippen LogP contribution in [0.25, 0.3) is 0 Å². The van der Waals surface area contributed by atoms with E-state index < -0.39 is 17.3 Å². The number of hydrogen-bond donors (Lipinski definition) is 0. The first-order valence-corrected chi connectivity index (χ1v) is 8.90. The lowest BCUT2D eigenvalue weighted by atomic mass is 9.94. The summed E-state index contributed by atoms with van der Waals surface area (Å²) in [7, 11) is 0. The Morgan fingerprint density at radius 3 is 2.58 bits per heavy atom. The monoisotopic (exact) mass is 367 g/mol. The van der Waals surface area contributed by atoms with E-state index in [0.717, 1.165) is 24.5 Å². The van der Waals surface area contributed by atoms with Gasteiger partial charge in [0.2, 0.25) is 0 Å². The van der Waals surface area contributed by atoms with E-state index in [9.17, 15) is 18.0 Å². The van der Waals surface area contributed by atoms with Crippen molar-refractivity contribution < 1.29 is 22.7 Å². The van der Waals surface area contributed by atoms with E-state index in [2.05, 4.69) is 0 Å². The molecular formula is C20H24F3NO2. The molecule has 0 N–H and O–H groups in total. The van der Waals surface area contributed by atoms with E-state index >= 15 is 0 Å². The number of rotatable bonds is 2. The van der Waals surface area contributed by atoms with Gasteiger partial charge in [-0.3, -0.25) is 4.90 Å². The molecule has 1 fully saturated rings. The zero-order valence-electron chi connectivity index (χ0n) is 15.3. The summed E-state index contributed by atoms with van der Waals surface area (Å²) in [6.45, 7) is 5.52. The highest BCUT2D eigenvalue weighted by Gasteiger charge is 2.41. The minimum atomic E-state index is -4.33. The van der Waals surface area contributed by atoms with Gasteiger partial charge in [-0.05, 0) is 58.1 Å². The van der Waals surface area contributed by atoms with Crippen molar-refractivity contribution in [2.45, 2.75) is 70.3 Å². The van der Waals surface area contributed by atoms with Crippen LogP contribution in [-0.4, -0.2) is 28.7 Å². The van der Waals surface area contributed by atoms with Gasteiger partial charge in [0.25, 0.3) is 0 Å². The van der Waals surface area contributed by atoms with Gasteiger partial charge in [-0.15, -0.1) is 0 Å². The predicted octanol–water partition coefficient (Wildman–Crippen LogP) is 5.35. The lowest BCUT2D eigenvalue weighted by molar-refractivity contribution is -0.137. The van der Waals surface area contributed by atoms with Crippen LogP contribution in [-0.2, 0) is 17.3 Å². The number of fused-ring (bicyclic) bond motifs is 2. The van der Waals surface area contributed by atoms with Gasteiger partial charge in [-0.25, -0.2) is 4.79 Å². The van der Waals surface area contributed by atoms with Crippen molar-refractivity contribution in [2.75, 3.05) is 0 Å². The quantitative estimate of drug-likeness (QED) is 0.660. The largest absolute Gasteiger partial charge is 0.444 e. The average molecular weight is 367 g/mol. The molecular weight excluding hydrogens is 343 g/mol. The maximum absolute atomic E-state index is 12.9. The van der Waals surface area contributed by atoms with Crippen LogP contribution in [0.4, 0.5) is 18.0 Å². The van der Waals surface area contributed by atoms with E-state index in [1.165, 1.54) is 12.1 Å². The van der Waals surface area contributed by atoms with Crippen LogP contribution in [0.2, 0.25) is 0 Å². The molecule has 26 heavy (non-hydrogen) atoms. The van der Waals surface area contributed by atoms with Crippen LogP contribution in [0.1, 0.15) is 51.2 Å². The Labute approximate surface area is 151 Å². The highest BCUT2D eigenvalue weighted by atomic mass is 19.4. The molecule has 1 amide bonds. The Kier molecular flexibility index (Phi) is 4.80. The first kappa shape index (κ1) is 18.8. The number of carbonyl (C=O) groups is 1. The molecule has 2 aliphatic rings. The van der Waals surface area contributed by atoms with Crippen molar-refractivity contribution >= 4 is 6.09 Å². The number of hydrogen-bond acceptors (Lipinski definition) is 2. The second-order valence-electron chi connectivity index (χ2n) is 8.09. The van der Waals surface area contributed by atoms with E-state index in [1.807, 2.05) is 26.8 Å². The topological polar surface area (TPSA) is 29.5 Å². The van der Waals surface area contributed by atoms with E-state index in [4.69, 9.17) is 4.74 Å². The first-order chi connectivity index (χ1) is 12.0. The maximum atomic E-state index is 12.9. The molecule has 2 bridgehead atoms. The third-order valence-electron chi connectivity index (χ3n) is 4.76. The van der Waals surface area contributed by atoms with Gasteiger partial charge in [0.1, 0.15) is 5.60 Å². The molecule has 0 saturated carbocycles. The summed E-state index contributed by atoms with van der Waals surface area (Å²) in [4.78, 5) is 14.2. The molecule has 1 aromatic rings. The molecule has 142 valence electrons. The number of carbonyl (C=O) groups excluding carboxylic acids is 1. The van der Waals surface area contributed by atoms with Gasteiger partial charge in [0.05, 0.1) is 11.6 Å². The van der Waals surface area contributed by atoms with Gasteiger partial charge < -0.3 is 4.74 Å². The van der Waals surface area contributed by atoms with Gasteiger partial charge in [0.15, 0.2) is 0 Å². The highest BCUT2D eigenvalue weighted by Crippen LogP contribution is 2.37. The fourth-order valence-electron chi connectivity index (χ4n) is 3.77. The smallest absolute Gasteiger partial charge is 0.416 e. The second-order valence-corrected chi connectivity index (χ2v) is 8.09. The van der Waals surface area contributed by atoms with Crippen molar-refractivity contribution in [1.29, 1.82) is 0 Å². The molecule has 2 atom stereocenters. The predicted molar refractivity (Wildman–Crippen MR) is 92.7 cm³/mol. The Morgan fingerprint density at radius 2 is 1.96 bits per heavy atom. The van der Waals surface area contributed by atoms with Gasteiger partial charge in [-0.2, -0.15) is 13.2 Å². The first-order valence-electron chi connectivity index (χ1n) is 8.90. The number of amides is 1. The van der Waals surface area contributed by atoms with Gasteiger partial charge in [0, 0.05) is 6.04 Å². The van der Waals surface area contributed by atoms with Crippen LogP contribution < -0.4 is 0 Å². The summed E-state index contributed by atoms with van der Waals surface area (Å²) in [5.41, 5.74) is 0.580.